The van der Waals surface area contributed by atoms with Gasteiger partial charge >= 0.3 is 0 Å². The lowest BCUT2D eigenvalue weighted by atomic mass is 9.83. The van der Waals surface area contributed by atoms with E-state index in [0.29, 0.717) is 11.4 Å². The van der Waals surface area contributed by atoms with Crippen LogP contribution in [0.15, 0.2) is 134 Å². The van der Waals surface area contributed by atoms with Crippen LogP contribution in [0.2, 0.25) is 0 Å². The third-order valence-electron chi connectivity index (χ3n) is 11.8. The van der Waals surface area contributed by atoms with E-state index in [4.69, 9.17) is 11.3 Å². The van der Waals surface area contributed by atoms with Crippen LogP contribution in [0.4, 0.5) is 0 Å². The van der Waals surface area contributed by atoms with E-state index >= 15 is 0 Å². The molecule has 0 saturated heterocycles. The molecule has 0 fully saturated rings. The number of hydrogen-bond donors (Lipinski definition) is 1. The predicted molar refractivity (Wildman–Crippen MR) is 253 cm³/mol. The molecule has 0 bridgehead atoms. The topological polar surface area (TPSA) is 50.9 Å². The number of para-hydroxylation sites is 1. The van der Waals surface area contributed by atoms with Crippen molar-refractivity contribution < 1.29 is 6.48 Å². The Morgan fingerprint density at radius 1 is 0.583 bits per heavy atom. The lowest BCUT2D eigenvalue weighted by Gasteiger charge is -2.22. The molecule has 0 amide bonds. The maximum absolute atomic E-state index is 11.8. The van der Waals surface area contributed by atoms with E-state index in [1.54, 1.807) is 0 Å². The van der Waals surface area contributed by atoms with Crippen molar-refractivity contribution in [1.82, 2.24) is 14.5 Å². The van der Waals surface area contributed by atoms with Gasteiger partial charge in [0.2, 0.25) is 0 Å². The zero-order valence-electron chi connectivity index (χ0n) is 38.0. The molecule has 1 N–H and O–H groups in total. The van der Waals surface area contributed by atoms with E-state index < -0.39 is 5.89 Å². The first-order valence-electron chi connectivity index (χ1n) is 21.5. The summed E-state index contributed by atoms with van der Waals surface area (Å²) in [5.74, 6) is 0.253. The molecule has 60 heavy (non-hydrogen) atoms. The van der Waals surface area contributed by atoms with Crippen molar-refractivity contribution in [3.05, 3.63) is 167 Å². The van der Waals surface area contributed by atoms with Crippen LogP contribution in [0, 0.1) is 20.8 Å². The Balaban J connectivity index is 1.36. The van der Waals surface area contributed by atoms with E-state index in [2.05, 4.69) is 175 Å². The Hall–Kier alpha value is -6.26. The summed E-state index contributed by atoms with van der Waals surface area (Å²) in [6.45, 7) is 23.5. The molecule has 0 saturated carbocycles. The van der Waals surface area contributed by atoms with E-state index in [9.17, 15) is 5.11 Å². The quantitative estimate of drug-likeness (QED) is 0.175. The molecule has 2 heterocycles. The van der Waals surface area contributed by atoms with Crippen LogP contribution in [-0.4, -0.2) is 19.6 Å². The second-order valence-corrected chi connectivity index (χ2v) is 18.8. The first-order valence-corrected chi connectivity index (χ1v) is 21.0. The number of imidazole rings is 1. The number of pyridine rings is 1. The molecule has 302 valence electrons. The van der Waals surface area contributed by atoms with Gasteiger partial charge in [-0.05, 0) is 136 Å². The highest BCUT2D eigenvalue weighted by Crippen LogP contribution is 2.43. The average Bonchev–Trinajstić information content (AvgIpc) is 3.60. The molecule has 0 radical (unpaired) electrons. The third-order valence-corrected chi connectivity index (χ3v) is 11.8. The van der Waals surface area contributed by atoms with E-state index in [0.717, 1.165) is 83.6 Å². The molecule has 0 unspecified atom stereocenters. The van der Waals surface area contributed by atoms with Gasteiger partial charge in [-0.1, -0.05) is 140 Å². The molecular formula is C56H57N3O. The summed E-state index contributed by atoms with van der Waals surface area (Å²) in [6.07, 6.45) is 1.89. The molecular weight excluding hydrogens is 731 g/mol. The Morgan fingerprint density at radius 3 is 1.93 bits per heavy atom. The molecule has 0 aliphatic heterocycles. The fraction of sp³-hybridized carbons (Fsp3) is 0.250. The van der Waals surface area contributed by atoms with E-state index in [1.807, 2.05) is 39.1 Å². The molecule has 8 rings (SSSR count). The van der Waals surface area contributed by atoms with Gasteiger partial charge < -0.3 is 5.11 Å². The first-order chi connectivity index (χ1) is 28.8. The summed E-state index contributed by atoms with van der Waals surface area (Å²) in [5, 5.41) is 11.8. The maximum atomic E-state index is 11.8. The molecule has 0 aliphatic rings. The van der Waals surface area contributed by atoms with Crippen molar-refractivity contribution >= 4 is 11.0 Å². The number of rotatable bonds is 7. The zero-order valence-corrected chi connectivity index (χ0v) is 37.0. The second-order valence-electron chi connectivity index (χ2n) is 18.8. The average molecular weight is 789 g/mol. The minimum absolute atomic E-state index is 0.0360. The number of hydrogen-bond acceptors (Lipinski definition) is 3. The van der Waals surface area contributed by atoms with Gasteiger partial charge in [-0.25, -0.2) is 4.98 Å². The predicted octanol–water partition coefficient (Wildman–Crippen LogP) is 15.1. The number of phenolic OH excluding ortho intramolecular Hbond substituents is 1. The number of aromatic hydroxyl groups is 1. The van der Waals surface area contributed by atoms with Crippen molar-refractivity contribution in [1.29, 1.82) is 0 Å². The van der Waals surface area contributed by atoms with Gasteiger partial charge in [0, 0.05) is 24.3 Å². The van der Waals surface area contributed by atoms with E-state index in [-0.39, 0.29) is 16.6 Å². The van der Waals surface area contributed by atoms with Crippen molar-refractivity contribution in [3.8, 4) is 67.5 Å². The minimum Gasteiger partial charge on any atom is -0.507 e. The number of phenols is 1. The highest BCUT2D eigenvalue weighted by molar-refractivity contribution is 5.98. The SMILES string of the molecule is [2H]C(C)(C)c1ccc(-c2ccnc(-c3cc(-c4cccc5c4nc(-c4cc(C)cc(C)c4O)n5-c4ccc(C)cc4-c4ccc(C(C)(C)C)cc4)cc(C(C)(C)C)c3)c2)cc1. The summed E-state index contributed by atoms with van der Waals surface area (Å²) >= 11 is 0. The third kappa shape index (κ3) is 7.79. The normalized spacial score (nSPS) is 12.6. The number of fused-ring (bicyclic) bond motifs is 1. The second kappa shape index (κ2) is 15.4. The van der Waals surface area contributed by atoms with Crippen LogP contribution in [0.3, 0.4) is 0 Å². The smallest absolute Gasteiger partial charge is 0.149 e. The van der Waals surface area contributed by atoms with Crippen LogP contribution in [0.5, 0.6) is 5.75 Å². The summed E-state index contributed by atoms with van der Waals surface area (Å²) < 4.78 is 10.7. The summed E-state index contributed by atoms with van der Waals surface area (Å²) in [6, 6.07) is 45.4. The van der Waals surface area contributed by atoms with Crippen molar-refractivity contribution in [3.63, 3.8) is 0 Å². The van der Waals surface area contributed by atoms with Crippen LogP contribution in [-0.2, 0) is 10.8 Å². The molecule has 0 spiro atoms. The van der Waals surface area contributed by atoms with Gasteiger partial charge in [-0.3, -0.25) is 9.55 Å². The number of aromatic nitrogens is 3. The number of nitrogens with zero attached hydrogens (tertiary/aromatic N) is 3. The van der Waals surface area contributed by atoms with Crippen LogP contribution in [0.25, 0.3) is 72.7 Å². The van der Waals surface area contributed by atoms with Crippen molar-refractivity contribution in [2.75, 3.05) is 0 Å². The Morgan fingerprint density at radius 2 is 1.25 bits per heavy atom. The van der Waals surface area contributed by atoms with E-state index in [1.165, 1.54) is 11.1 Å². The number of aryl methyl sites for hydroxylation is 3. The highest BCUT2D eigenvalue weighted by atomic mass is 16.3. The lowest BCUT2D eigenvalue weighted by molar-refractivity contribution is 0.472. The first kappa shape index (κ1) is 39.2. The summed E-state index contributed by atoms with van der Waals surface area (Å²) in [4.78, 5) is 10.5. The van der Waals surface area contributed by atoms with Gasteiger partial charge in [0.25, 0.3) is 0 Å². The molecule has 4 heteroatoms. The molecule has 6 aromatic carbocycles. The molecule has 0 atom stereocenters. The van der Waals surface area contributed by atoms with Crippen molar-refractivity contribution in [2.45, 2.75) is 92.9 Å². The molecule has 0 aliphatic carbocycles. The Bertz CT molecular complexity index is 2930. The van der Waals surface area contributed by atoms with Crippen LogP contribution >= 0.6 is 0 Å². The summed E-state index contributed by atoms with van der Waals surface area (Å²) in [5.41, 5.74) is 18.2. The van der Waals surface area contributed by atoms with Gasteiger partial charge in [-0.2, -0.15) is 0 Å². The number of benzene rings is 6. The van der Waals surface area contributed by atoms with Crippen molar-refractivity contribution in [2.24, 2.45) is 0 Å². The lowest BCUT2D eigenvalue weighted by Crippen LogP contribution is -2.11. The van der Waals surface area contributed by atoms with Crippen LogP contribution < -0.4 is 0 Å². The standard InChI is InChI=1S/C56H57N3O/c1-34(2)38-16-18-39(19-17-38)41-25-26-57-49(33-41)43-30-42(31-45(32-43)56(9,10)11)46-13-12-14-51-52(46)58-54(48-29-36(4)27-37(5)53(48)60)59(51)50-24-15-35(3)28-47(50)40-20-22-44(23-21-40)55(6,7)8/h12-34,60H,1-11H3/i34D. The zero-order chi connectivity index (χ0) is 43.6. The molecule has 4 nitrogen and oxygen atoms in total. The summed E-state index contributed by atoms with van der Waals surface area (Å²) in [7, 11) is 0. The Kier molecular flexibility index (Phi) is 10.1. The van der Waals surface area contributed by atoms with Gasteiger partial charge in [0.1, 0.15) is 11.6 Å². The van der Waals surface area contributed by atoms with Gasteiger partial charge in [0.15, 0.2) is 0 Å². The Labute approximate surface area is 358 Å². The van der Waals surface area contributed by atoms with Crippen LogP contribution in [0.1, 0.15) is 96.0 Å². The fourth-order valence-electron chi connectivity index (χ4n) is 8.24. The maximum Gasteiger partial charge on any atom is 0.149 e. The fourth-order valence-corrected chi connectivity index (χ4v) is 8.24. The molecule has 2 aromatic heterocycles. The van der Waals surface area contributed by atoms with Gasteiger partial charge in [0.05, 0.1) is 28.0 Å². The van der Waals surface area contributed by atoms with Gasteiger partial charge in [-0.15, -0.1) is 0 Å². The largest absolute Gasteiger partial charge is 0.507 e. The minimum atomic E-state index is -0.661. The highest BCUT2D eigenvalue weighted by Gasteiger charge is 2.25. The molecule has 8 aromatic rings. The monoisotopic (exact) mass is 788 g/mol.